The number of carbonyl (C=O) groups is 1. The minimum atomic E-state index is -4.46. The highest BCUT2D eigenvalue weighted by Crippen LogP contribution is 2.36. The Bertz CT molecular complexity index is 1030. The molecule has 0 radical (unpaired) electrons. The van der Waals surface area contributed by atoms with Gasteiger partial charge in [-0.2, -0.15) is 13.2 Å². The molecule has 0 aliphatic carbocycles. The maximum Gasteiger partial charge on any atom is 0.416 e. The lowest BCUT2D eigenvalue weighted by Crippen LogP contribution is -2.51. The predicted octanol–water partition coefficient (Wildman–Crippen LogP) is 3.04. The first-order valence-electron chi connectivity index (χ1n) is 9.97. The molecule has 0 saturated carbocycles. The second-order valence-corrected chi connectivity index (χ2v) is 8.50. The van der Waals surface area contributed by atoms with Crippen molar-refractivity contribution >= 4 is 5.91 Å². The van der Waals surface area contributed by atoms with Gasteiger partial charge in [-0.25, -0.2) is 0 Å². The highest BCUT2D eigenvalue weighted by atomic mass is 19.4. The van der Waals surface area contributed by atoms with Crippen LogP contribution in [0.4, 0.5) is 13.2 Å². The number of piperidine rings is 1. The molecule has 2 aromatic rings. The van der Waals surface area contributed by atoms with Crippen LogP contribution in [0.1, 0.15) is 23.6 Å². The number of aromatic nitrogens is 1. The zero-order valence-corrected chi connectivity index (χ0v) is 16.9. The van der Waals surface area contributed by atoms with Gasteiger partial charge in [-0.1, -0.05) is 12.1 Å². The van der Waals surface area contributed by atoms with Gasteiger partial charge >= 0.3 is 6.18 Å². The summed E-state index contributed by atoms with van der Waals surface area (Å²) < 4.78 is 40.9. The molecule has 0 N–H and O–H groups in total. The molecular weight excluding hydrogens is 395 g/mol. The Hall–Kier alpha value is -2.61. The number of pyridine rings is 1. The monoisotopic (exact) mass is 419 g/mol. The molecular formula is C22H24F3N3O2. The van der Waals surface area contributed by atoms with Crippen LogP contribution in [0.3, 0.4) is 0 Å². The molecule has 0 spiro atoms. The van der Waals surface area contributed by atoms with Gasteiger partial charge in [0.15, 0.2) is 0 Å². The van der Waals surface area contributed by atoms with Crippen molar-refractivity contribution in [1.29, 1.82) is 0 Å². The Kier molecular flexibility index (Phi) is 5.22. The fraction of sp³-hybridized carbons (Fsp3) is 0.455. The van der Waals surface area contributed by atoms with Crippen LogP contribution in [0.15, 0.2) is 41.2 Å². The van der Waals surface area contributed by atoms with Gasteiger partial charge in [0.05, 0.1) is 12.1 Å². The molecule has 3 heterocycles. The molecule has 0 unspecified atom stereocenters. The lowest BCUT2D eigenvalue weighted by molar-refractivity contribution is -0.137. The Balaban J connectivity index is 1.66. The average molecular weight is 419 g/mol. The number of carbonyl (C=O) groups excluding carboxylic acids is 1. The van der Waals surface area contributed by atoms with Gasteiger partial charge in [0, 0.05) is 36.8 Å². The molecule has 4 rings (SSSR count). The second-order valence-electron chi connectivity index (χ2n) is 8.50. The van der Waals surface area contributed by atoms with Crippen molar-refractivity contribution in [3.05, 3.63) is 58.0 Å². The molecule has 1 amide bonds. The molecule has 1 aromatic carbocycles. The molecule has 5 nitrogen and oxygen atoms in total. The first-order valence-corrected chi connectivity index (χ1v) is 9.97. The number of alkyl halides is 3. The van der Waals surface area contributed by atoms with Crippen molar-refractivity contribution in [1.82, 2.24) is 14.4 Å². The number of fused-ring (bicyclic) bond motifs is 4. The SMILES string of the molecule is CN(C)CC(=O)N1C[C@@H]2C[C@H](C1)c1ccc(-c3cccc(C(F)(F)F)c3)c(=O)n1C2. The standard InChI is InChI=1S/C22H24F3N3O2/c1-26(2)13-20(29)27-10-14-8-16(12-27)19-7-6-18(21(30)28(19)11-14)15-4-3-5-17(9-15)22(23,24)25/h3-7,9,14,16H,8,10-13H2,1-2H3/t14-,16+/m0/s1. The van der Waals surface area contributed by atoms with Crippen LogP contribution >= 0.6 is 0 Å². The molecule has 1 saturated heterocycles. The topological polar surface area (TPSA) is 45.6 Å². The highest BCUT2D eigenvalue weighted by Gasteiger charge is 2.37. The van der Waals surface area contributed by atoms with E-state index in [0.717, 1.165) is 24.2 Å². The second kappa shape index (κ2) is 7.58. The summed E-state index contributed by atoms with van der Waals surface area (Å²) in [6.45, 7) is 1.98. The fourth-order valence-electron chi connectivity index (χ4n) is 4.60. The summed E-state index contributed by atoms with van der Waals surface area (Å²) in [6.07, 6.45) is -3.55. The summed E-state index contributed by atoms with van der Waals surface area (Å²) >= 11 is 0. The van der Waals surface area contributed by atoms with Crippen LogP contribution in [-0.2, 0) is 17.5 Å². The number of hydrogen-bond acceptors (Lipinski definition) is 3. The Morgan fingerprint density at radius 1 is 1.13 bits per heavy atom. The van der Waals surface area contributed by atoms with Crippen LogP contribution in [0.25, 0.3) is 11.1 Å². The molecule has 160 valence electrons. The highest BCUT2D eigenvalue weighted by molar-refractivity contribution is 5.78. The normalized spacial score (nSPS) is 20.9. The first kappa shape index (κ1) is 20.7. The number of rotatable bonds is 3. The molecule has 8 heteroatoms. The summed E-state index contributed by atoms with van der Waals surface area (Å²) in [6, 6.07) is 8.33. The minimum absolute atomic E-state index is 0.0619. The van der Waals surface area contributed by atoms with E-state index in [2.05, 4.69) is 0 Å². The Morgan fingerprint density at radius 2 is 1.90 bits per heavy atom. The number of hydrogen-bond donors (Lipinski definition) is 0. The Morgan fingerprint density at radius 3 is 2.60 bits per heavy atom. The van der Waals surface area contributed by atoms with Crippen molar-refractivity contribution in [3.63, 3.8) is 0 Å². The fourth-order valence-corrected chi connectivity index (χ4v) is 4.60. The van der Waals surface area contributed by atoms with Crippen molar-refractivity contribution < 1.29 is 18.0 Å². The van der Waals surface area contributed by atoms with E-state index in [1.807, 2.05) is 30.0 Å². The lowest BCUT2D eigenvalue weighted by Gasteiger charge is -2.43. The summed E-state index contributed by atoms with van der Waals surface area (Å²) in [5.41, 5.74) is 0.354. The van der Waals surface area contributed by atoms with Gasteiger partial charge in [0.1, 0.15) is 0 Å². The number of likely N-dealkylation sites (tertiary alicyclic amines) is 1. The van der Waals surface area contributed by atoms with Gasteiger partial charge in [-0.05, 0) is 56.3 Å². The van der Waals surface area contributed by atoms with Crippen LogP contribution < -0.4 is 5.56 Å². The quantitative estimate of drug-likeness (QED) is 0.768. The average Bonchev–Trinajstić information content (AvgIpc) is 2.67. The van der Waals surface area contributed by atoms with Gasteiger partial charge in [0.2, 0.25) is 5.91 Å². The van der Waals surface area contributed by atoms with E-state index in [-0.39, 0.29) is 34.4 Å². The zero-order chi connectivity index (χ0) is 21.6. The lowest BCUT2D eigenvalue weighted by atomic mass is 9.82. The van der Waals surface area contributed by atoms with Gasteiger partial charge in [-0.15, -0.1) is 0 Å². The van der Waals surface area contributed by atoms with Crippen LogP contribution in [0, 0.1) is 5.92 Å². The maximum atomic E-state index is 13.2. The first-order chi connectivity index (χ1) is 14.1. The molecule has 30 heavy (non-hydrogen) atoms. The van der Waals surface area contributed by atoms with E-state index in [1.54, 1.807) is 10.6 Å². The number of benzene rings is 1. The van der Waals surface area contributed by atoms with Gasteiger partial charge < -0.3 is 14.4 Å². The van der Waals surface area contributed by atoms with Gasteiger partial charge in [0.25, 0.3) is 5.56 Å². The number of nitrogens with zero attached hydrogens (tertiary/aromatic N) is 3. The van der Waals surface area contributed by atoms with E-state index in [0.29, 0.717) is 26.2 Å². The molecule has 2 aliphatic rings. The van der Waals surface area contributed by atoms with Crippen molar-refractivity contribution in [2.24, 2.45) is 5.92 Å². The molecule has 2 bridgehead atoms. The van der Waals surface area contributed by atoms with Gasteiger partial charge in [-0.3, -0.25) is 9.59 Å². The van der Waals surface area contributed by atoms with E-state index >= 15 is 0 Å². The van der Waals surface area contributed by atoms with E-state index in [1.165, 1.54) is 12.1 Å². The van der Waals surface area contributed by atoms with Crippen molar-refractivity contribution in [2.75, 3.05) is 33.7 Å². The summed E-state index contributed by atoms with van der Waals surface area (Å²) in [5, 5.41) is 0. The number of likely N-dealkylation sites (N-methyl/N-ethyl adjacent to an activating group) is 1. The summed E-state index contributed by atoms with van der Waals surface area (Å²) in [7, 11) is 3.71. The smallest absolute Gasteiger partial charge is 0.341 e. The molecule has 1 aromatic heterocycles. The molecule has 2 aliphatic heterocycles. The third kappa shape index (κ3) is 3.88. The minimum Gasteiger partial charge on any atom is -0.341 e. The van der Waals surface area contributed by atoms with Crippen LogP contribution in [0.5, 0.6) is 0 Å². The van der Waals surface area contributed by atoms with Crippen LogP contribution in [0.2, 0.25) is 0 Å². The van der Waals surface area contributed by atoms with Crippen molar-refractivity contribution in [2.45, 2.75) is 25.1 Å². The van der Waals surface area contributed by atoms with E-state index < -0.39 is 11.7 Å². The Labute approximate surface area is 172 Å². The summed E-state index contributed by atoms with van der Waals surface area (Å²) in [5.74, 6) is 0.301. The molecule has 1 fully saturated rings. The molecule has 2 atom stereocenters. The summed E-state index contributed by atoms with van der Waals surface area (Å²) in [4.78, 5) is 29.4. The number of halogens is 3. The van der Waals surface area contributed by atoms with Crippen molar-refractivity contribution in [3.8, 4) is 11.1 Å². The largest absolute Gasteiger partial charge is 0.416 e. The third-order valence-corrected chi connectivity index (χ3v) is 5.91. The van der Waals surface area contributed by atoms with E-state index in [9.17, 15) is 22.8 Å². The maximum absolute atomic E-state index is 13.2. The zero-order valence-electron chi connectivity index (χ0n) is 16.9. The number of amides is 1. The van der Waals surface area contributed by atoms with Crippen LogP contribution in [-0.4, -0.2) is 54.0 Å². The van der Waals surface area contributed by atoms with E-state index in [4.69, 9.17) is 0 Å². The third-order valence-electron chi connectivity index (χ3n) is 5.91. The predicted molar refractivity (Wildman–Crippen MR) is 107 cm³/mol.